The Labute approximate surface area is 160 Å². The lowest BCUT2D eigenvalue weighted by Gasteiger charge is -2.14. The van der Waals surface area contributed by atoms with Crippen molar-refractivity contribution in [3.63, 3.8) is 0 Å². The highest BCUT2D eigenvalue weighted by molar-refractivity contribution is 7.80. The number of hydrogen-bond donors (Lipinski definition) is 2. The van der Waals surface area contributed by atoms with Gasteiger partial charge < -0.3 is 28.8 Å². The number of aryl methyl sites for hydroxylation is 1. The normalized spacial score (nSPS) is 11.4. The van der Waals surface area contributed by atoms with Crippen LogP contribution in [0.5, 0.6) is 17.2 Å². The van der Waals surface area contributed by atoms with Gasteiger partial charge in [-0.3, -0.25) is 9.00 Å². The van der Waals surface area contributed by atoms with E-state index in [1.165, 1.54) is 21.3 Å². The molecule has 0 radical (unpaired) electrons. The van der Waals surface area contributed by atoms with E-state index in [1.54, 1.807) is 36.4 Å². The molecule has 1 atom stereocenters. The van der Waals surface area contributed by atoms with Crippen molar-refractivity contribution in [3.05, 3.63) is 42.0 Å². The van der Waals surface area contributed by atoms with Gasteiger partial charge in [0.2, 0.25) is 11.7 Å². The number of hydrogen-bond acceptors (Lipinski definition) is 6. The fourth-order valence-electron chi connectivity index (χ4n) is 2.48. The van der Waals surface area contributed by atoms with Crippen LogP contribution < -0.4 is 24.2 Å². The Morgan fingerprint density at radius 2 is 1.56 bits per heavy atom. The summed E-state index contributed by atoms with van der Waals surface area (Å²) in [5.41, 5.74) is 1.86. The number of amides is 1. The smallest absolute Gasteiger partial charge is 0.224 e. The van der Waals surface area contributed by atoms with E-state index in [2.05, 4.69) is 10.0 Å². The summed E-state index contributed by atoms with van der Waals surface area (Å²) in [4.78, 5) is 12.2. The van der Waals surface area contributed by atoms with E-state index in [-0.39, 0.29) is 12.3 Å². The monoisotopic (exact) mass is 393 g/mol. The highest BCUT2D eigenvalue weighted by Gasteiger charge is 2.14. The van der Waals surface area contributed by atoms with E-state index in [0.29, 0.717) is 35.0 Å². The van der Waals surface area contributed by atoms with Crippen LogP contribution in [0.2, 0.25) is 0 Å². The number of rotatable bonds is 9. The zero-order valence-corrected chi connectivity index (χ0v) is 16.1. The van der Waals surface area contributed by atoms with Crippen molar-refractivity contribution >= 4 is 28.5 Å². The van der Waals surface area contributed by atoms with Gasteiger partial charge in [-0.25, -0.2) is 0 Å². The molecule has 0 fully saturated rings. The topological polar surface area (TPSA) is 109 Å². The van der Waals surface area contributed by atoms with Gasteiger partial charge in [-0.05, 0) is 48.4 Å². The Kier molecular flexibility index (Phi) is 7.44. The molecule has 2 aromatic carbocycles. The molecule has 0 aromatic heterocycles. The van der Waals surface area contributed by atoms with Crippen LogP contribution in [0.3, 0.4) is 0 Å². The van der Waals surface area contributed by atoms with Crippen molar-refractivity contribution in [2.75, 3.05) is 31.4 Å². The lowest BCUT2D eigenvalue weighted by molar-refractivity contribution is -0.116. The predicted octanol–water partition coefficient (Wildman–Crippen LogP) is 2.49. The first-order valence-corrected chi connectivity index (χ1v) is 9.09. The van der Waals surface area contributed by atoms with Crippen LogP contribution in [0.15, 0.2) is 36.4 Å². The van der Waals surface area contributed by atoms with Gasteiger partial charge in [-0.15, -0.1) is 0 Å². The Hall–Kier alpha value is -2.78. The second kappa shape index (κ2) is 9.79. The highest BCUT2D eigenvalue weighted by Crippen LogP contribution is 2.38. The molecule has 0 saturated carbocycles. The quantitative estimate of drug-likeness (QED) is 0.634. The Balaban J connectivity index is 1.98. The van der Waals surface area contributed by atoms with E-state index in [1.807, 2.05) is 0 Å². The van der Waals surface area contributed by atoms with Gasteiger partial charge in [0.15, 0.2) is 11.5 Å². The molecule has 9 heteroatoms. The van der Waals surface area contributed by atoms with E-state index in [4.69, 9.17) is 14.2 Å². The molecule has 2 N–H and O–H groups in total. The molecule has 0 aliphatic carbocycles. The first-order chi connectivity index (χ1) is 13.0. The number of methoxy groups -OCH3 is 3. The van der Waals surface area contributed by atoms with Crippen molar-refractivity contribution in [1.82, 2.24) is 0 Å². The van der Waals surface area contributed by atoms with Gasteiger partial charge in [0.25, 0.3) is 0 Å². The molecule has 0 bridgehead atoms. The number of ether oxygens (including phenoxy) is 3. The van der Waals surface area contributed by atoms with Crippen LogP contribution in [0.1, 0.15) is 12.0 Å². The minimum atomic E-state index is -2.38. The predicted molar refractivity (Wildman–Crippen MR) is 102 cm³/mol. The first kappa shape index (κ1) is 20.5. The number of anilines is 2. The molecule has 2 rings (SSSR count). The van der Waals surface area contributed by atoms with Crippen molar-refractivity contribution < 1.29 is 27.8 Å². The molecule has 0 aliphatic rings. The van der Waals surface area contributed by atoms with E-state index in [9.17, 15) is 13.6 Å². The third kappa shape index (κ3) is 5.87. The molecule has 0 heterocycles. The largest absolute Gasteiger partial charge is 0.755 e. The molecular formula is C18H21N2O6S-. The maximum absolute atomic E-state index is 12.2. The second-order valence-electron chi connectivity index (χ2n) is 5.50. The summed E-state index contributed by atoms with van der Waals surface area (Å²) < 4.78 is 39.3. The number of benzene rings is 2. The maximum Gasteiger partial charge on any atom is 0.224 e. The van der Waals surface area contributed by atoms with Crippen LogP contribution in [0.25, 0.3) is 0 Å². The average molecular weight is 393 g/mol. The van der Waals surface area contributed by atoms with E-state index >= 15 is 0 Å². The van der Waals surface area contributed by atoms with Gasteiger partial charge in [-0.1, -0.05) is 0 Å². The first-order valence-electron chi connectivity index (χ1n) is 8.01. The Bertz CT molecular complexity index is 785. The van der Waals surface area contributed by atoms with Crippen molar-refractivity contribution in [2.24, 2.45) is 0 Å². The van der Waals surface area contributed by atoms with Crippen LogP contribution in [0.4, 0.5) is 11.4 Å². The fourth-order valence-corrected chi connectivity index (χ4v) is 2.81. The summed E-state index contributed by atoms with van der Waals surface area (Å²) in [5, 5.41) is 2.76. The van der Waals surface area contributed by atoms with Gasteiger partial charge in [0, 0.05) is 29.1 Å². The third-order valence-corrected chi connectivity index (χ3v) is 4.14. The lowest BCUT2D eigenvalue weighted by atomic mass is 10.1. The van der Waals surface area contributed by atoms with Crippen LogP contribution >= 0.6 is 0 Å². The molecule has 0 aliphatic heterocycles. The van der Waals surface area contributed by atoms with Gasteiger partial charge >= 0.3 is 0 Å². The zero-order chi connectivity index (χ0) is 19.8. The Morgan fingerprint density at radius 1 is 1.00 bits per heavy atom. The van der Waals surface area contributed by atoms with E-state index < -0.39 is 11.3 Å². The highest BCUT2D eigenvalue weighted by atomic mass is 32.2. The molecule has 1 unspecified atom stereocenters. The standard InChI is InChI=1S/C18H22N2O6S/c1-24-15-10-12(11-16(25-2)18(15)26-3)4-9-17(21)19-13-5-7-14(8-6-13)20-27(22)23/h5-8,10-11,20H,4,9H2,1-3H3,(H,19,21)(H,22,23)/p-1. The average Bonchev–Trinajstić information content (AvgIpc) is 2.66. The molecule has 1 amide bonds. The lowest BCUT2D eigenvalue weighted by Crippen LogP contribution is -2.12. The summed E-state index contributed by atoms with van der Waals surface area (Å²) in [7, 11) is 4.60. The summed E-state index contributed by atoms with van der Waals surface area (Å²) in [5.74, 6) is 1.40. The van der Waals surface area contributed by atoms with Crippen LogP contribution in [-0.4, -0.2) is 36.0 Å². The molecule has 2 aromatic rings. The summed E-state index contributed by atoms with van der Waals surface area (Å²) >= 11 is -2.38. The summed E-state index contributed by atoms with van der Waals surface area (Å²) in [6, 6.07) is 9.96. The molecule has 146 valence electrons. The third-order valence-electron chi connectivity index (χ3n) is 3.74. The van der Waals surface area contributed by atoms with Crippen molar-refractivity contribution in [1.29, 1.82) is 0 Å². The van der Waals surface area contributed by atoms with Crippen molar-refractivity contribution in [3.8, 4) is 17.2 Å². The molecule has 8 nitrogen and oxygen atoms in total. The number of carbonyl (C=O) groups excluding carboxylic acids is 1. The second-order valence-corrected chi connectivity index (χ2v) is 6.17. The minimum absolute atomic E-state index is 0.170. The molecule has 27 heavy (non-hydrogen) atoms. The van der Waals surface area contributed by atoms with Crippen LogP contribution in [0, 0.1) is 0 Å². The number of nitrogens with one attached hydrogen (secondary N) is 2. The molecule has 0 spiro atoms. The van der Waals surface area contributed by atoms with Crippen LogP contribution in [-0.2, 0) is 22.5 Å². The maximum atomic E-state index is 12.2. The molecular weight excluding hydrogens is 372 g/mol. The van der Waals surface area contributed by atoms with Gasteiger partial charge in [0.05, 0.1) is 21.3 Å². The van der Waals surface area contributed by atoms with Gasteiger partial charge in [0.1, 0.15) is 0 Å². The summed E-state index contributed by atoms with van der Waals surface area (Å²) in [6.45, 7) is 0. The zero-order valence-electron chi connectivity index (χ0n) is 15.2. The SMILES string of the molecule is COc1cc(CCC(=O)Nc2ccc(NS(=O)[O-])cc2)cc(OC)c1OC. The van der Waals surface area contributed by atoms with Crippen molar-refractivity contribution in [2.45, 2.75) is 12.8 Å². The number of carbonyl (C=O) groups is 1. The molecule has 0 saturated heterocycles. The minimum Gasteiger partial charge on any atom is -0.755 e. The van der Waals surface area contributed by atoms with E-state index in [0.717, 1.165) is 5.56 Å². The fraction of sp³-hybridized carbons (Fsp3) is 0.278. The summed E-state index contributed by atoms with van der Waals surface area (Å²) in [6.07, 6.45) is 0.737. The Morgan fingerprint density at radius 3 is 2.04 bits per heavy atom. The van der Waals surface area contributed by atoms with Gasteiger partial charge in [-0.2, -0.15) is 0 Å².